The molecular formula is C14H19ClFNO3. The quantitative estimate of drug-likeness (QED) is 0.812. The van der Waals surface area contributed by atoms with Crippen molar-refractivity contribution in [2.45, 2.75) is 20.0 Å². The molecule has 1 atom stereocenters. The molecule has 1 aromatic rings. The van der Waals surface area contributed by atoms with Gasteiger partial charge in [-0.05, 0) is 18.1 Å². The summed E-state index contributed by atoms with van der Waals surface area (Å²) in [5.74, 6) is -1.01. The fourth-order valence-corrected chi connectivity index (χ4v) is 1.66. The van der Waals surface area contributed by atoms with Gasteiger partial charge in [0.2, 0.25) is 0 Å². The third kappa shape index (κ3) is 5.45. The number of hydrogen-bond acceptors (Lipinski definition) is 3. The molecule has 0 saturated heterocycles. The van der Waals surface area contributed by atoms with Crippen LogP contribution in [-0.2, 0) is 4.74 Å². The van der Waals surface area contributed by atoms with Crippen LogP contribution in [0.4, 0.5) is 4.39 Å². The molecule has 1 unspecified atom stereocenters. The molecule has 0 fully saturated rings. The fraction of sp³-hybridized carbons (Fsp3) is 0.500. The predicted molar refractivity (Wildman–Crippen MR) is 75.4 cm³/mol. The summed E-state index contributed by atoms with van der Waals surface area (Å²) in [6.45, 7) is 4.64. The van der Waals surface area contributed by atoms with E-state index in [0.717, 1.165) is 0 Å². The lowest BCUT2D eigenvalue weighted by Gasteiger charge is -2.13. The molecule has 0 radical (unpaired) electrons. The molecule has 6 heteroatoms. The molecule has 0 spiro atoms. The van der Waals surface area contributed by atoms with Crippen LogP contribution in [0.2, 0.25) is 5.02 Å². The normalized spacial score (nSPS) is 12.5. The maximum atomic E-state index is 13.6. The molecule has 0 heterocycles. The van der Waals surface area contributed by atoms with Crippen LogP contribution in [0.5, 0.6) is 0 Å². The molecule has 1 aromatic carbocycles. The van der Waals surface area contributed by atoms with Crippen LogP contribution in [0.25, 0.3) is 0 Å². The van der Waals surface area contributed by atoms with Gasteiger partial charge in [0.15, 0.2) is 5.82 Å². The zero-order valence-corrected chi connectivity index (χ0v) is 12.3. The number of amides is 1. The van der Waals surface area contributed by atoms with Gasteiger partial charge in [0.1, 0.15) is 0 Å². The van der Waals surface area contributed by atoms with Gasteiger partial charge >= 0.3 is 0 Å². The van der Waals surface area contributed by atoms with Crippen LogP contribution < -0.4 is 5.32 Å². The van der Waals surface area contributed by atoms with Crippen LogP contribution in [0.3, 0.4) is 0 Å². The van der Waals surface area contributed by atoms with E-state index in [2.05, 4.69) is 5.32 Å². The summed E-state index contributed by atoms with van der Waals surface area (Å²) in [6, 6.07) is 4.18. The molecule has 0 aliphatic rings. The number of nitrogens with one attached hydrogen (secondary N) is 1. The van der Waals surface area contributed by atoms with E-state index in [0.29, 0.717) is 12.5 Å². The molecule has 0 aromatic heterocycles. The number of ether oxygens (including phenoxy) is 1. The molecule has 0 bridgehead atoms. The second kappa shape index (κ2) is 8.19. The molecule has 1 amide bonds. The van der Waals surface area contributed by atoms with E-state index in [1.807, 2.05) is 13.8 Å². The Hall–Kier alpha value is -1.17. The number of aliphatic hydroxyl groups excluding tert-OH is 1. The lowest BCUT2D eigenvalue weighted by molar-refractivity contribution is 0.0259. The Morgan fingerprint density at radius 2 is 2.15 bits per heavy atom. The van der Waals surface area contributed by atoms with E-state index in [9.17, 15) is 14.3 Å². The van der Waals surface area contributed by atoms with Gasteiger partial charge < -0.3 is 15.2 Å². The van der Waals surface area contributed by atoms with Crippen LogP contribution in [0.15, 0.2) is 18.2 Å². The summed E-state index contributed by atoms with van der Waals surface area (Å²) in [5, 5.41) is 11.9. The number of benzene rings is 1. The summed E-state index contributed by atoms with van der Waals surface area (Å²) < 4.78 is 18.8. The van der Waals surface area contributed by atoms with E-state index in [-0.39, 0.29) is 23.7 Å². The number of carbonyl (C=O) groups excluding carboxylic acids is 1. The topological polar surface area (TPSA) is 58.6 Å². The first-order valence-electron chi connectivity index (χ1n) is 6.39. The van der Waals surface area contributed by atoms with E-state index in [4.69, 9.17) is 16.3 Å². The van der Waals surface area contributed by atoms with Crippen LogP contribution in [-0.4, -0.2) is 36.9 Å². The molecule has 4 nitrogen and oxygen atoms in total. The van der Waals surface area contributed by atoms with Gasteiger partial charge in [0.05, 0.1) is 23.3 Å². The number of rotatable bonds is 7. The van der Waals surface area contributed by atoms with Gasteiger partial charge in [-0.3, -0.25) is 4.79 Å². The molecular weight excluding hydrogens is 285 g/mol. The monoisotopic (exact) mass is 303 g/mol. The third-order valence-electron chi connectivity index (χ3n) is 2.46. The Bertz CT molecular complexity index is 454. The minimum atomic E-state index is -0.833. The maximum Gasteiger partial charge on any atom is 0.254 e. The van der Waals surface area contributed by atoms with Crippen molar-refractivity contribution in [2.24, 2.45) is 5.92 Å². The van der Waals surface area contributed by atoms with Gasteiger partial charge in [0, 0.05) is 13.2 Å². The third-order valence-corrected chi connectivity index (χ3v) is 2.75. The zero-order valence-electron chi connectivity index (χ0n) is 11.5. The average Bonchev–Trinajstić information content (AvgIpc) is 2.38. The van der Waals surface area contributed by atoms with Gasteiger partial charge in [-0.2, -0.15) is 0 Å². The average molecular weight is 304 g/mol. The molecule has 1 rings (SSSR count). The zero-order chi connectivity index (χ0) is 15.1. The van der Waals surface area contributed by atoms with Crippen molar-refractivity contribution in [3.8, 4) is 0 Å². The molecule has 112 valence electrons. The van der Waals surface area contributed by atoms with Crippen molar-refractivity contribution in [3.63, 3.8) is 0 Å². The molecule has 0 aliphatic heterocycles. The lowest BCUT2D eigenvalue weighted by atomic mass is 10.2. The lowest BCUT2D eigenvalue weighted by Crippen LogP contribution is -2.35. The van der Waals surface area contributed by atoms with Crippen molar-refractivity contribution in [3.05, 3.63) is 34.6 Å². The highest BCUT2D eigenvalue weighted by Crippen LogP contribution is 2.17. The van der Waals surface area contributed by atoms with Gasteiger partial charge in [0.25, 0.3) is 5.91 Å². The number of aliphatic hydroxyl groups is 1. The van der Waals surface area contributed by atoms with Gasteiger partial charge in [-0.15, -0.1) is 0 Å². The minimum Gasteiger partial charge on any atom is -0.389 e. The number of halogens is 2. The summed E-state index contributed by atoms with van der Waals surface area (Å²) in [7, 11) is 0. The van der Waals surface area contributed by atoms with Crippen LogP contribution in [0, 0.1) is 11.7 Å². The summed E-state index contributed by atoms with van der Waals surface area (Å²) in [5.41, 5.74) is -0.146. The van der Waals surface area contributed by atoms with Crippen molar-refractivity contribution in [2.75, 3.05) is 19.8 Å². The second-order valence-electron chi connectivity index (χ2n) is 4.90. The van der Waals surface area contributed by atoms with E-state index in [1.165, 1.54) is 18.2 Å². The van der Waals surface area contributed by atoms with Crippen LogP contribution in [0.1, 0.15) is 24.2 Å². The van der Waals surface area contributed by atoms with E-state index < -0.39 is 17.8 Å². The minimum absolute atomic E-state index is 0.0110. The van der Waals surface area contributed by atoms with Crippen molar-refractivity contribution in [1.29, 1.82) is 0 Å². The van der Waals surface area contributed by atoms with Crippen molar-refractivity contribution >= 4 is 17.5 Å². The standard InChI is InChI=1S/C14H19ClFNO3/c1-9(2)7-20-8-10(18)6-17-14(19)11-4-3-5-12(15)13(11)16/h3-5,9-10,18H,6-8H2,1-2H3,(H,17,19). The Morgan fingerprint density at radius 1 is 1.45 bits per heavy atom. The number of carbonyl (C=O) groups is 1. The molecule has 0 aliphatic carbocycles. The van der Waals surface area contributed by atoms with Crippen LogP contribution >= 0.6 is 11.6 Å². The second-order valence-corrected chi connectivity index (χ2v) is 5.30. The van der Waals surface area contributed by atoms with E-state index in [1.54, 1.807) is 0 Å². The molecule has 20 heavy (non-hydrogen) atoms. The fourth-order valence-electron chi connectivity index (χ4n) is 1.48. The highest BCUT2D eigenvalue weighted by atomic mass is 35.5. The van der Waals surface area contributed by atoms with Crippen molar-refractivity contribution < 1.29 is 19.0 Å². The summed E-state index contributed by atoms with van der Waals surface area (Å²) >= 11 is 5.59. The van der Waals surface area contributed by atoms with Gasteiger partial charge in [-0.1, -0.05) is 31.5 Å². The Labute approximate surface area is 122 Å². The first kappa shape index (κ1) is 16.9. The highest BCUT2D eigenvalue weighted by molar-refractivity contribution is 6.31. The first-order chi connectivity index (χ1) is 9.41. The Balaban J connectivity index is 2.41. The highest BCUT2D eigenvalue weighted by Gasteiger charge is 2.15. The Morgan fingerprint density at radius 3 is 2.80 bits per heavy atom. The predicted octanol–water partition coefficient (Wildman–Crippen LogP) is 2.24. The Kier molecular flexibility index (Phi) is 6.91. The molecule has 0 saturated carbocycles. The van der Waals surface area contributed by atoms with E-state index >= 15 is 0 Å². The van der Waals surface area contributed by atoms with Crippen molar-refractivity contribution in [1.82, 2.24) is 5.32 Å². The number of hydrogen-bond donors (Lipinski definition) is 2. The smallest absolute Gasteiger partial charge is 0.254 e. The maximum absolute atomic E-state index is 13.6. The molecule has 2 N–H and O–H groups in total. The largest absolute Gasteiger partial charge is 0.389 e. The SMILES string of the molecule is CC(C)COCC(O)CNC(=O)c1cccc(Cl)c1F. The summed E-state index contributed by atoms with van der Waals surface area (Å²) in [4.78, 5) is 11.7. The first-order valence-corrected chi connectivity index (χ1v) is 6.77. The summed E-state index contributed by atoms with van der Waals surface area (Å²) in [6.07, 6.45) is -0.833. The van der Waals surface area contributed by atoms with Gasteiger partial charge in [-0.25, -0.2) is 4.39 Å².